The van der Waals surface area contributed by atoms with Crippen molar-refractivity contribution in [3.05, 3.63) is 29.8 Å². The minimum absolute atomic E-state index is 0.540. The van der Waals surface area contributed by atoms with Gasteiger partial charge in [-0.3, -0.25) is 0 Å². The van der Waals surface area contributed by atoms with Crippen LogP contribution in [0.3, 0.4) is 0 Å². The molecule has 4 N–H and O–H groups in total. The van der Waals surface area contributed by atoms with Gasteiger partial charge in [0.15, 0.2) is 0 Å². The average Bonchev–Trinajstić information content (AvgIpc) is 2.57. The van der Waals surface area contributed by atoms with Gasteiger partial charge in [-0.15, -0.1) is 0 Å². The topological polar surface area (TPSA) is 69.9 Å². The van der Waals surface area contributed by atoms with Gasteiger partial charge >= 0.3 is 0 Å². The van der Waals surface area contributed by atoms with Crippen LogP contribution < -0.4 is 11.5 Å². The first kappa shape index (κ1) is 10.5. The highest BCUT2D eigenvalue weighted by molar-refractivity contribution is 5.80. The van der Waals surface area contributed by atoms with Gasteiger partial charge in [0.05, 0.1) is 0 Å². The number of nitrogens with two attached hydrogens (primary N) is 2. The van der Waals surface area contributed by atoms with Crippen LogP contribution in [-0.4, -0.2) is 9.78 Å². The molecule has 0 bridgehead atoms. The molecule has 2 aromatic rings. The van der Waals surface area contributed by atoms with Crippen molar-refractivity contribution in [2.45, 2.75) is 20.4 Å². The normalized spacial score (nSPS) is 10.6. The van der Waals surface area contributed by atoms with Crippen molar-refractivity contribution in [1.82, 2.24) is 9.78 Å². The van der Waals surface area contributed by atoms with Crippen LogP contribution in [0, 0.1) is 6.92 Å². The van der Waals surface area contributed by atoms with E-state index >= 15 is 0 Å². The van der Waals surface area contributed by atoms with E-state index < -0.39 is 0 Å². The third kappa shape index (κ3) is 1.62. The number of nitrogens with zero attached hydrogens (tertiary/aromatic N) is 2. The summed E-state index contributed by atoms with van der Waals surface area (Å²) in [4.78, 5) is 0. The first-order valence-corrected chi connectivity index (χ1v) is 5.32. The van der Waals surface area contributed by atoms with Gasteiger partial charge in [0, 0.05) is 12.1 Å². The predicted octanol–water partition coefficient (Wildman–Crippen LogP) is 2.04. The summed E-state index contributed by atoms with van der Waals surface area (Å²) < 4.78 is 1.71. The lowest BCUT2D eigenvalue weighted by molar-refractivity contribution is 0.672. The van der Waals surface area contributed by atoms with Gasteiger partial charge in [-0.05, 0) is 13.8 Å². The summed E-state index contributed by atoms with van der Waals surface area (Å²) in [5, 5.41) is 4.39. The number of nitrogen functional groups attached to an aromatic ring is 2. The molecule has 2 rings (SSSR count). The van der Waals surface area contributed by atoms with E-state index in [1.54, 1.807) is 4.68 Å². The Balaban J connectivity index is 2.52. The zero-order valence-electron chi connectivity index (χ0n) is 9.57. The van der Waals surface area contributed by atoms with Gasteiger partial charge in [-0.2, -0.15) is 5.10 Å². The fourth-order valence-corrected chi connectivity index (χ4v) is 1.65. The van der Waals surface area contributed by atoms with Crippen molar-refractivity contribution in [3.8, 4) is 11.3 Å². The smallest absolute Gasteiger partial charge is 0.145 e. The second kappa shape index (κ2) is 3.89. The molecule has 1 aromatic carbocycles. The minimum Gasteiger partial charge on any atom is -0.394 e. The number of anilines is 2. The van der Waals surface area contributed by atoms with Gasteiger partial charge in [-0.1, -0.05) is 29.8 Å². The van der Waals surface area contributed by atoms with Crippen molar-refractivity contribution in [3.63, 3.8) is 0 Å². The molecule has 0 unspecified atom stereocenters. The number of hydrogen-bond acceptors (Lipinski definition) is 3. The quantitative estimate of drug-likeness (QED) is 0.807. The largest absolute Gasteiger partial charge is 0.394 e. The molecule has 0 saturated carbocycles. The molecular weight excluding hydrogens is 200 g/mol. The Morgan fingerprint density at radius 3 is 2.31 bits per heavy atom. The van der Waals surface area contributed by atoms with Gasteiger partial charge in [-0.25, -0.2) is 4.68 Å². The van der Waals surface area contributed by atoms with Crippen LogP contribution in [0.4, 0.5) is 11.5 Å². The van der Waals surface area contributed by atoms with Crippen LogP contribution in [0.15, 0.2) is 24.3 Å². The Hall–Kier alpha value is -1.97. The summed E-state index contributed by atoms with van der Waals surface area (Å²) >= 11 is 0. The second-order valence-corrected chi connectivity index (χ2v) is 3.83. The second-order valence-electron chi connectivity index (χ2n) is 3.83. The molecule has 0 spiro atoms. The molecule has 0 radical (unpaired) electrons. The first-order chi connectivity index (χ1) is 7.63. The maximum absolute atomic E-state index is 5.94. The molecule has 0 saturated heterocycles. The molecule has 4 heteroatoms. The molecule has 0 aliphatic carbocycles. The fraction of sp³-hybridized carbons (Fsp3) is 0.250. The summed E-state index contributed by atoms with van der Waals surface area (Å²) in [7, 11) is 0. The average molecular weight is 216 g/mol. The maximum atomic E-state index is 5.94. The lowest BCUT2D eigenvalue weighted by atomic mass is 10.1. The van der Waals surface area contributed by atoms with E-state index in [2.05, 4.69) is 5.10 Å². The Bertz CT molecular complexity index is 496. The predicted molar refractivity (Wildman–Crippen MR) is 66.9 cm³/mol. The minimum atomic E-state index is 0.540. The molecular formula is C12H16N4. The van der Waals surface area contributed by atoms with Crippen molar-refractivity contribution >= 4 is 11.5 Å². The van der Waals surface area contributed by atoms with Crippen LogP contribution in [-0.2, 0) is 6.54 Å². The summed E-state index contributed by atoms with van der Waals surface area (Å²) in [5.74, 6) is 0.540. The molecule has 0 amide bonds. The van der Waals surface area contributed by atoms with Crippen LogP contribution in [0.5, 0.6) is 0 Å². The summed E-state index contributed by atoms with van der Waals surface area (Å²) in [6, 6.07) is 8.09. The summed E-state index contributed by atoms with van der Waals surface area (Å²) in [6.07, 6.45) is 0. The van der Waals surface area contributed by atoms with E-state index in [0.717, 1.165) is 17.8 Å². The lowest BCUT2D eigenvalue weighted by Gasteiger charge is -1.98. The number of rotatable bonds is 2. The highest BCUT2D eigenvalue weighted by Gasteiger charge is 2.12. The molecule has 0 fully saturated rings. The number of hydrogen-bond donors (Lipinski definition) is 2. The molecule has 0 atom stereocenters. The van der Waals surface area contributed by atoms with Crippen LogP contribution in [0.25, 0.3) is 11.3 Å². The van der Waals surface area contributed by atoms with E-state index in [9.17, 15) is 0 Å². The molecule has 0 aliphatic heterocycles. The van der Waals surface area contributed by atoms with Gasteiger partial charge in [0.25, 0.3) is 0 Å². The first-order valence-electron chi connectivity index (χ1n) is 5.32. The number of benzene rings is 1. The summed E-state index contributed by atoms with van der Waals surface area (Å²) in [5.41, 5.74) is 15.3. The monoisotopic (exact) mass is 216 g/mol. The Morgan fingerprint density at radius 2 is 1.81 bits per heavy atom. The van der Waals surface area contributed by atoms with E-state index in [4.69, 9.17) is 11.5 Å². The molecule has 0 aliphatic rings. The highest BCUT2D eigenvalue weighted by Crippen LogP contribution is 2.29. The van der Waals surface area contributed by atoms with Gasteiger partial charge < -0.3 is 11.5 Å². The number of aromatic nitrogens is 2. The molecule has 16 heavy (non-hydrogen) atoms. The van der Waals surface area contributed by atoms with Crippen LogP contribution in [0.1, 0.15) is 12.5 Å². The van der Waals surface area contributed by atoms with Crippen LogP contribution in [0.2, 0.25) is 0 Å². The van der Waals surface area contributed by atoms with Gasteiger partial charge in [0.1, 0.15) is 17.2 Å². The molecule has 1 aromatic heterocycles. The van der Waals surface area contributed by atoms with Gasteiger partial charge in [0.2, 0.25) is 0 Å². The van der Waals surface area contributed by atoms with E-state index in [-0.39, 0.29) is 0 Å². The SMILES string of the molecule is CCn1nc(-c2ccc(C)cc2)c(N)c1N. The highest BCUT2D eigenvalue weighted by atomic mass is 15.3. The zero-order chi connectivity index (χ0) is 11.7. The summed E-state index contributed by atoms with van der Waals surface area (Å²) in [6.45, 7) is 4.76. The third-order valence-electron chi connectivity index (χ3n) is 2.65. The van der Waals surface area contributed by atoms with Crippen LogP contribution >= 0.6 is 0 Å². The zero-order valence-corrected chi connectivity index (χ0v) is 9.57. The van der Waals surface area contributed by atoms with Crippen molar-refractivity contribution in [2.24, 2.45) is 0 Å². The third-order valence-corrected chi connectivity index (χ3v) is 2.65. The van der Waals surface area contributed by atoms with E-state index in [1.165, 1.54) is 5.56 Å². The molecule has 1 heterocycles. The Kier molecular flexibility index (Phi) is 2.56. The fourth-order valence-electron chi connectivity index (χ4n) is 1.65. The lowest BCUT2D eigenvalue weighted by Crippen LogP contribution is -2.02. The maximum Gasteiger partial charge on any atom is 0.145 e. The Morgan fingerprint density at radius 1 is 1.19 bits per heavy atom. The van der Waals surface area contributed by atoms with Crippen molar-refractivity contribution < 1.29 is 0 Å². The molecule has 84 valence electrons. The molecule has 4 nitrogen and oxygen atoms in total. The van der Waals surface area contributed by atoms with E-state index in [1.807, 2.05) is 38.1 Å². The van der Waals surface area contributed by atoms with Crippen molar-refractivity contribution in [2.75, 3.05) is 11.5 Å². The Labute approximate surface area is 94.9 Å². The standard InChI is InChI=1S/C12H16N4/c1-3-16-12(14)10(13)11(15-16)9-6-4-8(2)5-7-9/h4-7H,3,13-14H2,1-2H3. The number of aryl methyl sites for hydroxylation is 2. The van der Waals surface area contributed by atoms with E-state index in [0.29, 0.717) is 11.5 Å². The van der Waals surface area contributed by atoms with Crippen molar-refractivity contribution in [1.29, 1.82) is 0 Å².